The van der Waals surface area contributed by atoms with E-state index < -0.39 is 6.61 Å². The molecule has 0 N–H and O–H groups in total. The molecule has 2 aromatic heterocycles. The van der Waals surface area contributed by atoms with Gasteiger partial charge in [-0.15, -0.1) is 11.3 Å². The molecule has 1 aliphatic rings. The van der Waals surface area contributed by atoms with Crippen molar-refractivity contribution in [3.8, 4) is 17.0 Å². The predicted molar refractivity (Wildman–Crippen MR) is 77.2 cm³/mol. The molecule has 0 radical (unpaired) electrons. The maximum atomic E-state index is 12.5. The Bertz CT molecular complexity index is 809. The monoisotopic (exact) mass is 306 g/mol. The molecule has 108 valence electrons. The van der Waals surface area contributed by atoms with Crippen LogP contribution in [0, 0.1) is 0 Å². The molecule has 0 saturated heterocycles. The first kappa shape index (κ1) is 12.8. The summed E-state index contributed by atoms with van der Waals surface area (Å²) >= 11 is 1.68. The van der Waals surface area contributed by atoms with Gasteiger partial charge >= 0.3 is 6.61 Å². The molecule has 0 bridgehead atoms. The Hall–Kier alpha value is -1.95. The fourth-order valence-corrected chi connectivity index (χ4v) is 4.00. The molecule has 2 heterocycles. The fourth-order valence-electron chi connectivity index (χ4n) is 2.81. The molecule has 0 fully saturated rings. The smallest absolute Gasteiger partial charge is 0.387 e. The lowest BCUT2D eigenvalue weighted by Crippen LogP contribution is -2.03. The molecule has 0 aliphatic heterocycles. The zero-order valence-electron chi connectivity index (χ0n) is 11.1. The lowest BCUT2D eigenvalue weighted by atomic mass is 10.1. The SMILES string of the molecule is FC(F)Oc1ccccc1-c1cn2c3c(sc2n1)CCC3. The lowest BCUT2D eigenvalue weighted by molar-refractivity contribution is -0.0494. The topological polar surface area (TPSA) is 26.5 Å². The van der Waals surface area contributed by atoms with Gasteiger partial charge in [-0.1, -0.05) is 12.1 Å². The average Bonchev–Trinajstić information content (AvgIpc) is 3.09. The minimum Gasteiger partial charge on any atom is -0.434 e. The van der Waals surface area contributed by atoms with Gasteiger partial charge in [0.2, 0.25) is 0 Å². The van der Waals surface area contributed by atoms with Crippen LogP contribution >= 0.6 is 11.3 Å². The molecular formula is C15H12F2N2OS. The summed E-state index contributed by atoms with van der Waals surface area (Å²) < 4.78 is 31.7. The molecule has 1 aromatic carbocycles. The van der Waals surface area contributed by atoms with E-state index in [0.717, 1.165) is 17.8 Å². The minimum absolute atomic E-state index is 0.162. The zero-order valence-corrected chi connectivity index (χ0v) is 11.9. The third-order valence-electron chi connectivity index (χ3n) is 3.70. The van der Waals surface area contributed by atoms with Crippen molar-refractivity contribution in [2.45, 2.75) is 25.9 Å². The second-order valence-electron chi connectivity index (χ2n) is 4.98. The molecule has 0 saturated carbocycles. The Morgan fingerprint density at radius 1 is 1.24 bits per heavy atom. The second-order valence-corrected chi connectivity index (χ2v) is 6.04. The van der Waals surface area contributed by atoms with E-state index >= 15 is 0 Å². The number of hydrogen-bond acceptors (Lipinski definition) is 3. The summed E-state index contributed by atoms with van der Waals surface area (Å²) in [6.45, 7) is -2.83. The van der Waals surface area contributed by atoms with Crippen molar-refractivity contribution in [3.05, 3.63) is 41.0 Å². The maximum absolute atomic E-state index is 12.5. The first-order chi connectivity index (χ1) is 10.2. The highest BCUT2D eigenvalue weighted by atomic mass is 32.1. The number of ether oxygens (including phenoxy) is 1. The largest absolute Gasteiger partial charge is 0.434 e. The number of rotatable bonds is 3. The molecular weight excluding hydrogens is 294 g/mol. The van der Waals surface area contributed by atoms with Crippen LogP contribution in [0.15, 0.2) is 30.5 Å². The summed E-state index contributed by atoms with van der Waals surface area (Å²) in [5, 5.41) is 0. The van der Waals surface area contributed by atoms with Gasteiger partial charge in [0.15, 0.2) is 4.96 Å². The predicted octanol–water partition coefficient (Wildman–Crippen LogP) is 4.15. The van der Waals surface area contributed by atoms with Gasteiger partial charge in [0, 0.05) is 22.3 Å². The molecule has 6 heteroatoms. The number of para-hydroxylation sites is 1. The van der Waals surface area contributed by atoms with Gasteiger partial charge in [0.25, 0.3) is 0 Å². The van der Waals surface area contributed by atoms with Gasteiger partial charge in [0.1, 0.15) is 5.75 Å². The molecule has 21 heavy (non-hydrogen) atoms. The standard InChI is InChI=1S/C15H12F2N2OS/c16-14(17)20-12-6-2-1-4-9(12)10-8-19-11-5-3-7-13(11)21-15(19)18-10/h1-2,4,6,8,14H,3,5,7H2. The van der Waals surface area contributed by atoms with E-state index in [1.807, 2.05) is 6.20 Å². The number of halogens is 2. The third kappa shape index (κ3) is 2.10. The highest BCUT2D eigenvalue weighted by molar-refractivity contribution is 7.17. The van der Waals surface area contributed by atoms with E-state index in [1.165, 1.54) is 17.0 Å². The summed E-state index contributed by atoms with van der Waals surface area (Å²) in [5.74, 6) is 0.162. The number of fused-ring (bicyclic) bond motifs is 3. The van der Waals surface area contributed by atoms with Crippen molar-refractivity contribution in [1.29, 1.82) is 0 Å². The maximum Gasteiger partial charge on any atom is 0.387 e. The normalized spacial score (nSPS) is 14.0. The molecule has 0 spiro atoms. The van der Waals surface area contributed by atoms with Crippen molar-refractivity contribution >= 4 is 16.3 Å². The van der Waals surface area contributed by atoms with Gasteiger partial charge in [0.05, 0.1) is 5.69 Å². The third-order valence-corrected chi connectivity index (χ3v) is 4.85. The molecule has 1 aliphatic carbocycles. The van der Waals surface area contributed by atoms with Crippen molar-refractivity contribution in [1.82, 2.24) is 9.38 Å². The van der Waals surface area contributed by atoms with E-state index in [1.54, 1.807) is 35.6 Å². The number of imidazole rings is 1. The first-order valence-corrected chi connectivity index (χ1v) is 7.58. The highest BCUT2D eigenvalue weighted by Gasteiger charge is 2.20. The van der Waals surface area contributed by atoms with Crippen LogP contribution in [0.1, 0.15) is 17.0 Å². The Morgan fingerprint density at radius 3 is 2.95 bits per heavy atom. The number of benzene rings is 1. The Kier molecular flexibility index (Phi) is 2.92. The van der Waals surface area contributed by atoms with Crippen LogP contribution in [-0.4, -0.2) is 16.0 Å². The van der Waals surface area contributed by atoms with Crippen LogP contribution < -0.4 is 4.74 Å². The number of aromatic nitrogens is 2. The van der Waals surface area contributed by atoms with Crippen molar-refractivity contribution < 1.29 is 13.5 Å². The molecule has 4 rings (SSSR count). The number of nitrogens with zero attached hydrogens (tertiary/aromatic N) is 2. The van der Waals surface area contributed by atoms with Crippen LogP contribution in [0.25, 0.3) is 16.2 Å². The number of thiazole rings is 1. The van der Waals surface area contributed by atoms with E-state index in [0.29, 0.717) is 11.3 Å². The summed E-state index contributed by atoms with van der Waals surface area (Å²) in [6.07, 6.45) is 5.27. The molecule has 3 nitrogen and oxygen atoms in total. The number of hydrogen-bond donors (Lipinski definition) is 0. The van der Waals surface area contributed by atoms with Crippen LogP contribution in [0.3, 0.4) is 0 Å². The molecule has 3 aromatic rings. The zero-order chi connectivity index (χ0) is 14.4. The van der Waals surface area contributed by atoms with Crippen LogP contribution in [0.4, 0.5) is 8.78 Å². The summed E-state index contributed by atoms with van der Waals surface area (Å²) in [7, 11) is 0. The molecule has 0 atom stereocenters. The van der Waals surface area contributed by atoms with E-state index in [-0.39, 0.29) is 5.75 Å². The van der Waals surface area contributed by atoms with Gasteiger partial charge in [-0.3, -0.25) is 4.40 Å². The summed E-state index contributed by atoms with van der Waals surface area (Å²) in [6, 6.07) is 6.77. The molecule has 0 unspecified atom stereocenters. The Balaban J connectivity index is 1.81. The Morgan fingerprint density at radius 2 is 2.10 bits per heavy atom. The quantitative estimate of drug-likeness (QED) is 0.726. The number of alkyl halides is 2. The lowest BCUT2D eigenvalue weighted by Gasteiger charge is -2.08. The van der Waals surface area contributed by atoms with Crippen LogP contribution in [0.5, 0.6) is 5.75 Å². The fraction of sp³-hybridized carbons (Fsp3) is 0.267. The summed E-state index contributed by atoms with van der Waals surface area (Å²) in [4.78, 5) is 6.88. The van der Waals surface area contributed by atoms with E-state index in [2.05, 4.69) is 14.1 Å². The Labute approximate surface area is 123 Å². The minimum atomic E-state index is -2.83. The van der Waals surface area contributed by atoms with Crippen molar-refractivity contribution in [3.63, 3.8) is 0 Å². The second kappa shape index (κ2) is 4.80. The highest BCUT2D eigenvalue weighted by Crippen LogP contribution is 2.35. The van der Waals surface area contributed by atoms with Gasteiger partial charge in [-0.05, 0) is 31.4 Å². The van der Waals surface area contributed by atoms with Crippen molar-refractivity contribution in [2.75, 3.05) is 0 Å². The van der Waals surface area contributed by atoms with Gasteiger partial charge in [-0.2, -0.15) is 8.78 Å². The van der Waals surface area contributed by atoms with Crippen molar-refractivity contribution in [2.24, 2.45) is 0 Å². The molecule has 0 amide bonds. The van der Waals surface area contributed by atoms with E-state index in [9.17, 15) is 8.78 Å². The number of aryl methyl sites for hydroxylation is 2. The average molecular weight is 306 g/mol. The van der Waals surface area contributed by atoms with Crippen LogP contribution in [-0.2, 0) is 12.8 Å². The summed E-state index contributed by atoms with van der Waals surface area (Å²) in [5.41, 5.74) is 2.58. The van der Waals surface area contributed by atoms with Gasteiger partial charge < -0.3 is 4.74 Å². The van der Waals surface area contributed by atoms with Gasteiger partial charge in [-0.25, -0.2) is 4.98 Å². The first-order valence-electron chi connectivity index (χ1n) is 6.76. The van der Waals surface area contributed by atoms with E-state index in [4.69, 9.17) is 0 Å². The van der Waals surface area contributed by atoms with Crippen LogP contribution in [0.2, 0.25) is 0 Å².